The van der Waals surface area contributed by atoms with Crippen molar-refractivity contribution in [1.29, 1.82) is 0 Å². The molecule has 0 atom stereocenters. The Balaban J connectivity index is -0.000000105. The maximum atomic E-state index is 4.83. The van der Waals surface area contributed by atoms with E-state index in [0.717, 1.165) is 13.2 Å². The van der Waals surface area contributed by atoms with Crippen LogP contribution in [0.1, 0.15) is 13.8 Å². The molecule has 12 heavy (non-hydrogen) atoms. The lowest BCUT2D eigenvalue weighted by Gasteiger charge is -1.86. The van der Waals surface area contributed by atoms with Crippen LogP contribution >= 0.6 is 58.0 Å². The van der Waals surface area contributed by atoms with E-state index in [4.69, 9.17) is 62.7 Å². The van der Waals surface area contributed by atoms with Crippen molar-refractivity contribution < 1.29 is 4.74 Å². The van der Waals surface area contributed by atoms with Crippen molar-refractivity contribution in [3.05, 3.63) is 0 Å². The second-order valence-corrected chi connectivity index (χ2v) is 3.92. The molecule has 1 nitrogen and oxygen atoms in total. The van der Waals surface area contributed by atoms with Crippen LogP contribution in [-0.4, -0.2) is 22.8 Å². The Morgan fingerprint density at radius 1 is 1.00 bits per heavy atom. The summed E-state index contributed by atoms with van der Waals surface area (Å²) in [4.78, 5) is 0. The topological polar surface area (TPSA) is 9.23 Å². The van der Waals surface area contributed by atoms with Gasteiger partial charge in [-0.15, -0.1) is 23.2 Å². The maximum absolute atomic E-state index is 4.83. The molecule has 0 amide bonds. The number of hydrogen-bond acceptors (Lipinski definition) is 1. The van der Waals surface area contributed by atoms with E-state index in [1.54, 1.807) is 0 Å². The molecule has 0 rings (SSSR count). The van der Waals surface area contributed by atoms with Crippen molar-refractivity contribution >= 4 is 58.0 Å². The SMILES string of the molecule is CCOCC.ClC(Cl)Cl.ClCCl. The molecular weight excluding hydrogens is 265 g/mol. The van der Waals surface area contributed by atoms with Crippen molar-refractivity contribution in [1.82, 2.24) is 0 Å². The second-order valence-electron chi connectivity index (χ2n) is 1.13. The molecule has 0 radical (unpaired) electrons. The van der Waals surface area contributed by atoms with Gasteiger partial charge in [-0.2, -0.15) is 0 Å². The Bertz CT molecular complexity index is 48.4. The van der Waals surface area contributed by atoms with Crippen LogP contribution < -0.4 is 0 Å². The average Bonchev–Trinajstić information content (AvgIpc) is 1.89. The Labute approximate surface area is 99.2 Å². The third kappa shape index (κ3) is 106. The number of alkyl halides is 5. The van der Waals surface area contributed by atoms with Crippen molar-refractivity contribution in [2.45, 2.75) is 18.1 Å². The van der Waals surface area contributed by atoms with E-state index in [2.05, 4.69) is 0 Å². The highest BCUT2D eigenvalue weighted by Crippen LogP contribution is 2.03. The Morgan fingerprint density at radius 3 is 1.17 bits per heavy atom. The Hall–Kier alpha value is 1.41. The van der Waals surface area contributed by atoms with E-state index in [-0.39, 0.29) is 5.34 Å². The van der Waals surface area contributed by atoms with Crippen molar-refractivity contribution in [2.24, 2.45) is 0 Å². The Morgan fingerprint density at radius 2 is 1.17 bits per heavy atom. The monoisotopic (exact) mass is 276 g/mol. The van der Waals surface area contributed by atoms with E-state index >= 15 is 0 Å². The van der Waals surface area contributed by atoms with Crippen LogP contribution in [0.5, 0.6) is 0 Å². The third-order valence-electron chi connectivity index (χ3n) is 0.408. The molecule has 0 fully saturated rings. The van der Waals surface area contributed by atoms with Gasteiger partial charge in [0, 0.05) is 13.2 Å². The fraction of sp³-hybridized carbons (Fsp3) is 1.00. The Kier molecular flexibility index (Phi) is 36.3. The number of ether oxygens (including phenoxy) is 1. The molecule has 0 N–H and O–H groups in total. The summed E-state index contributed by atoms with van der Waals surface area (Å²) in [5.74, 6) is 0. The second kappa shape index (κ2) is 22.8. The van der Waals surface area contributed by atoms with Crippen molar-refractivity contribution in [2.75, 3.05) is 18.6 Å². The maximum Gasteiger partial charge on any atom is 0.180 e. The van der Waals surface area contributed by atoms with E-state index in [1.807, 2.05) is 13.8 Å². The van der Waals surface area contributed by atoms with E-state index < -0.39 is 4.30 Å². The fourth-order valence-corrected chi connectivity index (χ4v) is 0.204. The third-order valence-corrected chi connectivity index (χ3v) is 0.408. The summed E-state index contributed by atoms with van der Waals surface area (Å²) in [5.41, 5.74) is 0. The molecule has 0 bridgehead atoms. The highest BCUT2D eigenvalue weighted by atomic mass is 35.6. The first-order chi connectivity index (χ1) is 5.56. The minimum Gasteiger partial charge on any atom is -0.382 e. The first-order valence-corrected chi connectivity index (χ1v) is 5.56. The average molecular weight is 278 g/mol. The van der Waals surface area contributed by atoms with Gasteiger partial charge in [0.15, 0.2) is 4.30 Å². The highest BCUT2D eigenvalue weighted by molar-refractivity contribution is 6.63. The number of rotatable bonds is 2. The van der Waals surface area contributed by atoms with Gasteiger partial charge < -0.3 is 4.74 Å². The zero-order valence-electron chi connectivity index (χ0n) is 7.00. The molecule has 0 aliphatic rings. The van der Waals surface area contributed by atoms with Gasteiger partial charge in [-0.3, -0.25) is 0 Å². The van der Waals surface area contributed by atoms with Crippen LogP contribution in [0.25, 0.3) is 0 Å². The molecule has 78 valence electrons. The molecule has 0 aromatic carbocycles. The van der Waals surface area contributed by atoms with Crippen LogP contribution in [0, 0.1) is 0 Å². The summed E-state index contributed by atoms with van der Waals surface area (Å²) >= 11 is 23.9. The lowest BCUT2D eigenvalue weighted by atomic mass is 10.8. The van der Waals surface area contributed by atoms with Gasteiger partial charge in [0.2, 0.25) is 0 Å². The normalized spacial score (nSPS) is 8.00. The molecule has 0 unspecified atom stereocenters. The number of hydrogen-bond donors (Lipinski definition) is 0. The number of halogens is 5. The van der Waals surface area contributed by atoms with Gasteiger partial charge in [-0.25, -0.2) is 0 Å². The van der Waals surface area contributed by atoms with Crippen LogP contribution in [0.15, 0.2) is 0 Å². The summed E-state index contributed by atoms with van der Waals surface area (Å²) in [6.07, 6.45) is 0. The van der Waals surface area contributed by atoms with Gasteiger partial charge in [0.25, 0.3) is 0 Å². The summed E-state index contributed by atoms with van der Waals surface area (Å²) < 4.78 is 4.08. The predicted octanol–water partition coefficient (Wildman–Crippen LogP) is 4.45. The minimum atomic E-state index is -0.750. The molecule has 6 heteroatoms. The van der Waals surface area contributed by atoms with Crippen molar-refractivity contribution in [3.8, 4) is 0 Å². The van der Waals surface area contributed by atoms with Crippen LogP contribution in [0.4, 0.5) is 0 Å². The smallest absolute Gasteiger partial charge is 0.180 e. The van der Waals surface area contributed by atoms with Gasteiger partial charge >= 0.3 is 0 Å². The first-order valence-electron chi connectivity index (χ1n) is 3.18. The summed E-state index contributed by atoms with van der Waals surface area (Å²) in [6, 6.07) is 0. The molecule has 0 saturated heterocycles. The largest absolute Gasteiger partial charge is 0.382 e. The zero-order valence-corrected chi connectivity index (χ0v) is 10.8. The molecule has 0 heterocycles. The van der Waals surface area contributed by atoms with Gasteiger partial charge in [-0.05, 0) is 13.8 Å². The van der Waals surface area contributed by atoms with Crippen LogP contribution in [0.3, 0.4) is 0 Å². The molecule has 0 aliphatic carbocycles. The highest BCUT2D eigenvalue weighted by Gasteiger charge is 1.78. The molecular formula is C6H13Cl5O. The molecule has 0 aromatic heterocycles. The molecule has 0 spiro atoms. The zero-order chi connectivity index (χ0) is 10.4. The van der Waals surface area contributed by atoms with Crippen LogP contribution in [0.2, 0.25) is 0 Å². The van der Waals surface area contributed by atoms with E-state index in [0.29, 0.717) is 0 Å². The molecule has 0 saturated carbocycles. The standard InChI is InChI=1S/C4H10O.CHCl3.CH2Cl2/c1-3-5-4-2;2-1(3)4;2-1-3/h3-4H2,1-2H3;1H;1H2. The summed E-state index contributed by atoms with van der Waals surface area (Å²) in [5, 5.41) is 0.194. The van der Waals surface area contributed by atoms with Gasteiger partial charge in [0.1, 0.15) is 0 Å². The van der Waals surface area contributed by atoms with Gasteiger partial charge in [0.05, 0.1) is 5.34 Å². The molecule has 0 aliphatic heterocycles. The first kappa shape index (κ1) is 19.1. The predicted molar refractivity (Wildman–Crippen MR) is 60.1 cm³/mol. The minimum absolute atomic E-state index is 0.194. The van der Waals surface area contributed by atoms with Crippen LogP contribution in [-0.2, 0) is 4.74 Å². The quantitative estimate of drug-likeness (QED) is 0.678. The van der Waals surface area contributed by atoms with E-state index in [9.17, 15) is 0 Å². The summed E-state index contributed by atoms with van der Waals surface area (Å²) in [7, 11) is 0. The van der Waals surface area contributed by atoms with Crippen molar-refractivity contribution in [3.63, 3.8) is 0 Å². The lowest BCUT2D eigenvalue weighted by Crippen LogP contribution is -1.84. The lowest BCUT2D eigenvalue weighted by molar-refractivity contribution is 0.162. The summed E-state index contributed by atoms with van der Waals surface area (Å²) in [6.45, 7) is 5.67. The fourth-order valence-electron chi connectivity index (χ4n) is 0.204. The van der Waals surface area contributed by atoms with Gasteiger partial charge in [-0.1, -0.05) is 34.8 Å². The van der Waals surface area contributed by atoms with E-state index in [1.165, 1.54) is 0 Å². The molecule has 0 aromatic rings.